The lowest BCUT2D eigenvalue weighted by molar-refractivity contribution is -0.145. The maximum absolute atomic E-state index is 12.6. The van der Waals surface area contributed by atoms with E-state index >= 15 is 0 Å². The van der Waals surface area contributed by atoms with E-state index in [4.69, 9.17) is 5.11 Å². The summed E-state index contributed by atoms with van der Waals surface area (Å²) >= 11 is 0. The van der Waals surface area contributed by atoms with Crippen molar-refractivity contribution in [2.75, 3.05) is 13.1 Å². The second-order valence-corrected chi connectivity index (χ2v) is 6.39. The number of benzene rings is 1. The van der Waals surface area contributed by atoms with Gasteiger partial charge in [0, 0.05) is 20.0 Å². The zero-order chi connectivity index (χ0) is 17.7. The average Bonchev–Trinajstić information content (AvgIpc) is 2.54. The first-order valence-electron chi connectivity index (χ1n) is 8.21. The summed E-state index contributed by atoms with van der Waals surface area (Å²) in [5.41, 5.74) is 1.97. The largest absolute Gasteiger partial charge is 0.481 e. The molecule has 6 heteroatoms. The van der Waals surface area contributed by atoms with Crippen molar-refractivity contribution >= 4 is 17.8 Å². The molecule has 1 unspecified atom stereocenters. The topological polar surface area (TPSA) is 86.7 Å². The molecule has 2 amide bonds. The van der Waals surface area contributed by atoms with Crippen LogP contribution in [0.25, 0.3) is 0 Å². The lowest BCUT2D eigenvalue weighted by Crippen LogP contribution is -2.43. The van der Waals surface area contributed by atoms with Crippen LogP contribution in [0, 0.1) is 12.8 Å². The molecule has 6 nitrogen and oxygen atoms in total. The van der Waals surface area contributed by atoms with Crippen molar-refractivity contribution in [3.8, 4) is 0 Å². The average molecular weight is 332 g/mol. The molecular weight excluding hydrogens is 308 g/mol. The second-order valence-electron chi connectivity index (χ2n) is 6.39. The molecule has 130 valence electrons. The van der Waals surface area contributed by atoms with Gasteiger partial charge in [0.2, 0.25) is 11.8 Å². The molecule has 0 aromatic heterocycles. The number of hydrogen-bond donors (Lipinski definition) is 2. The van der Waals surface area contributed by atoms with E-state index < -0.39 is 17.9 Å². The number of aliphatic carboxylic acids is 1. The van der Waals surface area contributed by atoms with Gasteiger partial charge in [0.1, 0.15) is 0 Å². The van der Waals surface area contributed by atoms with Crippen molar-refractivity contribution in [1.82, 2.24) is 10.2 Å². The summed E-state index contributed by atoms with van der Waals surface area (Å²) in [5, 5.41) is 12.0. The summed E-state index contributed by atoms with van der Waals surface area (Å²) < 4.78 is 0. The molecule has 1 aromatic carbocycles. The smallest absolute Gasteiger partial charge is 0.308 e. The number of carbonyl (C=O) groups excluding carboxylic acids is 2. The number of amides is 2. The number of nitrogens with one attached hydrogen (secondary N) is 1. The van der Waals surface area contributed by atoms with Gasteiger partial charge in [-0.3, -0.25) is 14.4 Å². The Morgan fingerprint density at radius 3 is 2.54 bits per heavy atom. The highest BCUT2D eigenvalue weighted by Crippen LogP contribution is 2.22. The fraction of sp³-hybridized carbons (Fsp3) is 0.500. The number of hydrogen-bond acceptors (Lipinski definition) is 3. The van der Waals surface area contributed by atoms with Crippen LogP contribution < -0.4 is 5.32 Å². The van der Waals surface area contributed by atoms with Crippen molar-refractivity contribution in [1.29, 1.82) is 0 Å². The number of aryl methyl sites for hydroxylation is 1. The van der Waals surface area contributed by atoms with Crippen LogP contribution in [0.4, 0.5) is 0 Å². The van der Waals surface area contributed by atoms with E-state index in [1.807, 2.05) is 31.2 Å². The minimum atomic E-state index is -0.857. The molecule has 1 saturated heterocycles. The van der Waals surface area contributed by atoms with Gasteiger partial charge in [-0.2, -0.15) is 0 Å². The Labute approximate surface area is 141 Å². The molecule has 0 aliphatic carbocycles. The normalized spacial score (nSPS) is 18.8. The molecule has 1 fully saturated rings. The molecule has 24 heavy (non-hydrogen) atoms. The number of rotatable bonds is 5. The molecule has 1 aromatic rings. The van der Waals surface area contributed by atoms with E-state index in [2.05, 4.69) is 5.32 Å². The second kappa shape index (κ2) is 7.95. The van der Waals surface area contributed by atoms with Crippen LogP contribution in [0.3, 0.4) is 0 Å². The van der Waals surface area contributed by atoms with Gasteiger partial charge in [0.15, 0.2) is 0 Å². The van der Waals surface area contributed by atoms with Crippen molar-refractivity contribution in [3.63, 3.8) is 0 Å². The third-order valence-electron chi connectivity index (χ3n) is 4.36. The van der Waals surface area contributed by atoms with Crippen molar-refractivity contribution in [2.45, 2.75) is 39.2 Å². The first-order valence-corrected chi connectivity index (χ1v) is 8.21. The molecule has 2 rings (SSSR count). The van der Waals surface area contributed by atoms with Gasteiger partial charge in [-0.05, 0) is 25.3 Å². The molecule has 0 radical (unpaired) electrons. The summed E-state index contributed by atoms with van der Waals surface area (Å²) in [5.74, 6) is -1.68. The maximum atomic E-state index is 12.6. The van der Waals surface area contributed by atoms with E-state index in [1.54, 1.807) is 4.90 Å². The van der Waals surface area contributed by atoms with Gasteiger partial charge < -0.3 is 15.3 Å². The Hall–Kier alpha value is -2.37. The van der Waals surface area contributed by atoms with Crippen molar-refractivity contribution in [2.24, 2.45) is 5.92 Å². The Morgan fingerprint density at radius 1 is 1.29 bits per heavy atom. The molecule has 2 N–H and O–H groups in total. The molecule has 0 bridgehead atoms. The quantitative estimate of drug-likeness (QED) is 0.862. The van der Waals surface area contributed by atoms with Crippen molar-refractivity contribution in [3.05, 3.63) is 35.4 Å². The zero-order valence-corrected chi connectivity index (χ0v) is 14.1. The van der Waals surface area contributed by atoms with Crippen LogP contribution in [0.15, 0.2) is 24.3 Å². The van der Waals surface area contributed by atoms with Gasteiger partial charge in [0.05, 0.1) is 18.4 Å². The summed E-state index contributed by atoms with van der Waals surface area (Å²) in [4.78, 5) is 36.8. The maximum Gasteiger partial charge on any atom is 0.308 e. The number of likely N-dealkylation sites (tertiary alicyclic amines) is 1. The predicted octanol–water partition coefficient (Wildman–Crippen LogP) is 1.89. The molecule has 1 aliphatic heterocycles. The number of piperidine rings is 1. The fourth-order valence-corrected chi connectivity index (χ4v) is 3.01. The minimum absolute atomic E-state index is 0.125. The van der Waals surface area contributed by atoms with Crippen molar-refractivity contribution < 1.29 is 19.5 Å². The minimum Gasteiger partial charge on any atom is -0.481 e. The number of nitrogens with zero attached hydrogens (tertiary/aromatic N) is 1. The van der Waals surface area contributed by atoms with Crippen LogP contribution in [0.1, 0.15) is 43.4 Å². The van der Waals surface area contributed by atoms with E-state index in [9.17, 15) is 14.4 Å². The molecule has 0 spiro atoms. The number of carboxylic acids is 1. The summed E-state index contributed by atoms with van der Waals surface area (Å²) in [7, 11) is 0. The number of carboxylic acid groups (broad SMARTS) is 1. The van der Waals surface area contributed by atoms with E-state index in [1.165, 1.54) is 6.92 Å². The van der Waals surface area contributed by atoms with Gasteiger partial charge in [0.25, 0.3) is 0 Å². The van der Waals surface area contributed by atoms with E-state index in [-0.39, 0.29) is 24.8 Å². The predicted molar refractivity (Wildman–Crippen MR) is 89.3 cm³/mol. The molecule has 1 heterocycles. The Balaban J connectivity index is 2.08. The van der Waals surface area contributed by atoms with Crippen LogP contribution in [-0.4, -0.2) is 40.9 Å². The lowest BCUT2D eigenvalue weighted by Gasteiger charge is -2.32. The first-order chi connectivity index (χ1) is 11.4. The molecule has 2 atom stereocenters. The highest BCUT2D eigenvalue weighted by atomic mass is 16.4. The fourth-order valence-electron chi connectivity index (χ4n) is 3.01. The summed E-state index contributed by atoms with van der Waals surface area (Å²) in [6.45, 7) is 4.22. The van der Waals surface area contributed by atoms with E-state index in [0.29, 0.717) is 19.4 Å². The highest BCUT2D eigenvalue weighted by Gasteiger charge is 2.29. The molecule has 1 aliphatic rings. The Morgan fingerprint density at radius 2 is 1.96 bits per heavy atom. The van der Waals surface area contributed by atoms with E-state index in [0.717, 1.165) is 11.1 Å². The summed E-state index contributed by atoms with van der Waals surface area (Å²) in [6.07, 6.45) is 1.43. The van der Waals surface area contributed by atoms with Gasteiger partial charge in [-0.1, -0.05) is 29.8 Å². The van der Waals surface area contributed by atoms with Crippen LogP contribution in [0.2, 0.25) is 0 Å². The van der Waals surface area contributed by atoms with Crippen LogP contribution in [-0.2, 0) is 14.4 Å². The Kier molecular flexibility index (Phi) is 5.95. The Bertz CT molecular complexity index is 612. The first kappa shape index (κ1) is 18.0. The third-order valence-corrected chi connectivity index (χ3v) is 4.36. The van der Waals surface area contributed by atoms with Gasteiger partial charge in [-0.25, -0.2) is 0 Å². The van der Waals surface area contributed by atoms with Crippen LogP contribution in [0.5, 0.6) is 0 Å². The highest BCUT2D eigenvalue weighted by molar-refractivity contribution is 5.80. The van der Waals surface area contributed by atoms with Crippen LogP contribution >= 0.6 is 0 Å². The van der Waals surface area contributed by atoms with Gasteiger partial charge in [-0.15, -0.1) is 0 Å². The number of carbonyl (C=O) groups is 3. The molecule has 0 saturated carbocycles. The summed E-state index contributed by atoms with van der Waals surface area (Å²) in [6, 6.07) is 7.28. The SMILES string of the molecule is CC(=O)NC(CC(=O)N1CCC[C@H](C(=O)O)C1)c1ccc(C)cc1. The lowest BCUT2D eigenvalue weighted by atomic mass is 9.96. The van der Waals surface area contributed by atoms with Gasteiger partial charge >= 0.3 is 5.97 Å². The standard InChI is InChI=1S/C18H24N2O4/c1-12-5-7-14(8-6-12)16(19-13(2)21)10-17(22)20-9-3-4-15(11-20)18(23)24/h5-8,15-16H,3-4,9-11H2,1-2H3,(H,19,21)(H,23,24)/t15-,16?/m0/s1. The zero-order valence-electron chi connectivity index (χ0n) is 14.1. The monoisotopic (exact) mass is 332 g/mol. The molecular formula is C18H24N2O4. The third kappa shape index (κ3) is 4.81.